The Kier molecular flexibility index (Phi) is 7.86. The quantitative estimate of drug-likeness (QED) is 0.287. The molecule has 0 aromatic heterocycles. The van der Waals surface area contributed by atoms with Crippen molar-refractivity contribution in [3.05, 3.63) is 94.2 Å². The van der Waals surface area contributed by atoms with Gasteiger partial charge in [0.25, 0.3) is 5.91 Å². The van der Waals surface area contributed by atoms with E-state index in [9.17, 15) is 27.2 Å². The van der Waals surface area contributed by atoms with Crippen LogP contribution in [0.5, 0.6) is 0 Å². The summed E-state index contributed by atoms with van der Waals surface area (Å²) in [5.41, 5.74) is 0.893. The van der Waals surface area contributed by atoms with Gasteiger partial charge in [-0.05, 0) is 73.2 Å². The molecule has 37 heavy (non-hydrogen) atoms. The maximum Gasteiger partial charge on any atom is 0.338 e. The first-order chi connectivity index (χ1) is 17.6. The maximum atomic E-state index is 13.7. The zero-order valence-corrected chi connectivity index (χ0v) is 22.0. The van der Waals surface area contributed by atoms with Crippen LogP contribution in [0.2, 0.25) is 0 Å². The van der Waals surface area contributed by atoms with Crippen molar-refractivity contribution >= 4 is 49.4 Å². The topological polar surface area (TPSA) is 101 Å². The average molecular weight is 589 g/mol. The lowest BCUT2D eigenvalue weighted by Gasteiger charge is -2.27. The fourth-order valence-corrected chi connectivity index (χ4v) is 5.78. The zero-order chi connectivity index (χ0) is 26.7. The third kappa shape index (κ3) is 5.63. The van der Waals surface area contributed by atoms with Gasteiger partial charge in [0.05, 0.1) is 29.2 Å². The second kappa shape index (κ2) is 10.9. The largest absolute Gasteiger partial charge is 0.462 e. The molecule has 192 valence electrons. The molecule has 1 aliphatic rings. The highest BCUT2D eigenvalue weighted by Crippen LogP contribution is 2.31. The van der Waals surface area contributed by atoms with Gasteiger partial charge in [0.1, 0.15) is 11.9 Å². The second-order valence-corrected chi connectivity index (χ2v) is 11.0. The summed E-state index contributed by atoms with van der Waals surface area (Å²) in [6, 6.07) is 15.5. The van der Waals surface area contributed by atoms with Crippen LogP contribution in [0.25, 0.3) is 0 Å². The van der Waals surface area contributed by atoms with Crippen LogP contribution in [0.1, 0.15) is 29.3 Å². The highest BCUT2D eigenvalue weighted by atomic mass is 79.9. The van der Waals surface area contributed by atoms with Crippen LogP contribution in [-0.4, -0.2) is 43.2 Å². The average Bonchev–Trinajstić information content (AvgIpc) is 3.17. The molecule has 0 N–H and O–H groups in total. The number of carbonyl (C=O) groups excluding carboxylic acids is 3. The smallest absolute Gasteiger partial charge is 0.338 e. The molecule has 1 saturated heterocycles. The minimum absolute atomic E-state index is 0.0599. The van der Waals surface area contributed by atoms with E-state index in [4.69, 9.17) is 4.74 Å². The number of benzene rings is 3. The lowest BCUT2D eigenvalue weighted by molar-refractivity contribution is -0.122. The summed E-state index contributed by atoms with van der Waals surface area (Å²) in [7, 11) is -4.24. The monoisotopic (exact) mass is 588 g/mol. The number of rotatable bonds is 8. The lowest BCUT2D eigenvalue weighted by atomic mass is 10.2. The van der Waals surface area contributed by atoms with Gasteiger partial charge in [0.2, 0.25) is 15.9 Å². The number of amides is 2. The third-order valence-corrected chi connectivity index (χ3v) is 8.18. The van der Waals surface area contributed by atoms with Gasteiger partial charge >= 0.3 is 5.97 Å². The molecule has 0 aliphatic carbocycles. The zero-order valence-electron chi connectivity index (χ0n) is 19.6. The van der Waals surface area contributed by atoms with E-state index in [-0.39, 0.29) is 35.7 Å². The van der Waals surface area contributed by atoms with Crippen LogP contribution < -0.4 is 4.90 Å². The molecule has 1 atom stereocenters. The first-order valence-corrected chi connectivity index (χ1v) is 13.5. The summed E-state index contributed by atoms with van der Waals surface area (Å²) in [6.45, 7) is 1.62. The van der Waals surface area contributed by atoms with E-state index in [1.54, 1.807) is 19.1 Å². The Morgan fingerprint density at radius 1 is 1.03 bits per heavy atom. The van der Waals surface area contributed by atoms with Crippen LogP contribution in [-0.2, 0) is 30.9 Å². The maximum absolute atomic E-state index is 13.7. The van der Waals surface area contributed by atoms with Gasteiger partial charge in [-0.2, -0.15) is 4.31 Å². The normalized spacial score (nSPS) is 15.9. The second-order valence-electron chi connectivity index (χ2n) is 8.19. The first-order valence-electron chi connectivity index (χ1n) is 11.3. The highest BCUT2D eigenvalue weighted by Gasteiger charge is 2.47. The number of nitrogens with zero attached hydrogens (tertiary/aromatic N) is 2. The molecule has 2 amide bonds. The summed E-state index contributed by atoms with van der Waals surface area (Å²) in [6.07, 6.45) is -0.380. The molecule has 3 aromatic carbocycles. The van der Waals surface area contributed by atoms with Gasteiger partial charge in [0.15, 0.2) is 0 Å². The summed E-state index contributed by atoms with van der Waals surface area (Å²) in [5, 5.41) is 0. The lowest BCUT2D eigenvalue weighted by Crippen LogP contribution is -2.45. The van der Waals surface area contributed by atoms with Crippen LogP contribution in [0, 0.1) is 5.82 Å². The van der Waals surface area contributed by atoms with Crippen LogP contribution in [0.3, 0.4) is 0 Å². The number of hydrogen-bond donors (Lipinski definition) is 0. The van der Waals surface area contributed by atoms with Crippen molar-refractivity contribution in [1.82, 2.24) is 4.31 Å². The molecule has 4 rings (SSSR count). The number of imide groups is 1. The summed E-state index contributed by atoms with van der Waals surface area (Å²) < 4.78 is 47.4. The van der Waals surface area contributed by atoms with Gasteiger partial charge in [0, 0.05) is 11.0 Å². The molecule has 3 aromatic rings. The standard InChI is InChI=1S/C26H22BrFN2O6S/c1-2-36-26(33)18-5-11-21(12-6-18)30-24(31)15-23(25(30)32)29(16-17-3-9-20(28)10-4-17)37(34,35)22-13-7-19(27)8-14-22/h3-14,23H,2,15-16H2,1H3. The number of halogens is 2. The SMILES string of the molecule is CCOC(=O)c1ccc(N2C(=O)CC(N(Cc3ccc(F)cc3)S(=O)(=O)c3ccc(Br)cc3)C2=O)cc1. The molecule has 1 fully saturated rings. The summed E-state index contributed by atoms with van der Waals surface area (Å²) >= 11 is 3.27. The molecule has 8 nitrogen and oxygen atoms in total. The van der Waals surface area contributed by atoms with Crippen molar-refractivity contribution in [3.8, 4) is 0 Å². The van der Waals surface area contributed by atoms with Crippen molar-refractivity contribution < 1.29 is 31.9 Å². The molecule has 1 heterocycles. The molecule has 0 bridgehead atoms. The Bertz CT molecular complexity index is 1430. The van der Waals surface area contributed by atoms with Crippen LogP contribution in [0.15, 0.2) is 82.2 Å². The Hall–Kier alpha value is -3.41. The van der Waals surface area contributed by atoms with Gasteiger partial charge in [-0.1, -0.05) is 28.1 Å². The van der Waals surface area contributed by atoms with Gasteiger partial charge < -0.3 is 4.74 Å². The van der Waals surface area contributed by atoms with Gasteiger partial charge in [-0.3, -0.25) is 9.59 Å². The third-order valence-electron chi connectivity index (χ3n) is 5.78. The highest BCUT2D eigenvalue weighted by molar-refractivity contribution is 9.10. The first kappa shape index (κ1) is 26.6. The number of carbonyl (C=O) groups is 3. The van der Waals surface area contributed by atoms with Gasteiger partial charge in [-0.15, -0.1) is 0 Å². The van der Waals surface area contributed by atoms with Gasteiger partial charge in [-0.25, -0.2) is 22.5 Å². The van der Waals surface area contributed by atoms with E-state index < -0.39 is 39.7 Å². The van der Waals surface area contributed by atoms with Crippen molar-refractivity contribution in [2.24, 2.45) is 0 Å². The molecular formula is C26H22BrFN2O6S. The number of esters is 1. The molecular weight excluding hydrogens is 567 g/mol. The molecule has 1 unspecified atom stereocenters. The minimum atomic E-state index is -4.24. The molecule has 1 aliphatic heterocycles. The van der Waals surface area contributed by atoms with Crippen molar-refractivity contribution in [2.75, 3.05) is 11.5 Å². The predicted molar refractivity (Wildman–Crippen MR) is 137 cm³/mol. The van der Waals surface area contributed by atoms with E-state index in [0.717, 1.165) is 9.21 Å². The molecule has 0 radical (unpaired) electrons. The van der Waals surface area contributed by atoms with E-state index in [1.807, 2.05) is 0 Å². The summed E-state index contributed by atoms with van der Waals surface area (Å²) in [4.78, 5) is 39.2. The van der Waals surface area contributed by atoms with Crippen molar-refractivity contribution in [2.45, 2.75) is 30.8 Å². The Morgan fingerprint density at radius 3 is 2.24 bits per heavy atom. The fourth-order valence-electron chi connectivity index (χ4n) is 3.95. The fraction of sp³-hybridized carbons (Fsp3) is 0.192. The van der Waals surface area contributed by atoms with E-state index in [2.05, 4.69) is 15.9 Å². The van der Waals surface area contributed by atoms with E-state index in [0.29, 0.717) is 10.0 Å². The Labute approximate surface area is 221 Å². The minimum Gasteiger partial charge on any atom is -0.462 e. The molecule has 11 heteroatoms. The molecule has 0 spiro atoms. The Morgan fingerprint density at radius 2 is 1.65 bits per heavy atom. The summed E-state index contributed by atoms with van der Waals surface area (Å²) in [5.74, 6) is -2.35. The molecule has 0 saturated carbocycles. The predicted octanol–water partition coefficient (Wildman–Crippen LogP) is 4.29. The number of hydrogen-bond acceptors (Lipinski definition) is 6. The van der Waals surface area contributed by atoms with Crippen LogP contribution >= 0.6 is 15.9 Å². The number of sulfonamides is 1. The van der Waals surface area contributed by atoms with E-state index in [1.165, 1.54) is 60.7 Å². The number of ether oxygens (including phenoxy) is 1. The number of anilines is 1. The van der Waals surface area contributed by atoms with Crippen molar-refractivity contribution in [1.29, 1.82) is 0 Å². The Balaban J connectivity index is 1.69. The van der Waals surface area contributed by atoms with Crippen molar-refractivity contribution in [3.63, 3.8) is 0 Å². The van der Waals surface area contributed by atoms with Crippen LogP contribution in [0.4, 0.5) is 10.1 Å². The van der Waals surface area contributed by atoms with E-state index >= 15 is 0 Å².